The Labute approximate surface area is 68.0 Å². The largest absolute Gasteiger partial charge is 0.270 e. The average Bonchev–Trinajstić information content (AvgIpc) is 2.11. The molecule has 0 aliphatic rings. The molecule has 10 heavy (non-hydrogen) atoms. The van der Waals surface area contributed by atoms with E-state index in [4.69, 9.17) is 17.1 Å². The van der Waals surface area contributed by atoms with Gasteiger partial charge in [0.25, 0.3) is 5.69 Å². The molecule has 0 atom stereocenters. The zero-order valence-electron chi connectivity index (χ0n) is 8.64. The van der Waals surface area contributed by atoms with Crippen molar-refractivity contribution in [1.29, 1.82) is 0 Å². The number of nitrogens with zero attached hydrogens (tertiary/aromatic N) is 1. The second-order valence-corrected chi connectivity index (χ2v) is 1.80. The highest BCUT2D eigenvalue weighted by atomic mass is 35.5. The van der Waals surface area contributed by atoms with Crippen LogP contribution in [-0.4, -0.2) is 4.92 Å². The number of hydrogen-bond donors (Lipinski definition) is 0. The minimum absolute atomic E-state index is 0.474. The fourth-order valence-corrected chi connectivity index (χ4v) is 0.540. The Balaban J connectivity index is 3.68. The summed E-state index contributed by atoms with van der Waals surface area (Å²) in [6.45, 7) is 0. The molecule has 0 aromatic heterocycles. The molecule has 0 spiro atoms. The number of hydrogen-bond acceptors (Lipinski definition) is 2. The highest BCUT2D eigenvalue weighted by Crippen LogP contribution is 2.16. The lowest BCUT2D eigenvalue weighted by atomic mass is 10.3. The molecule has 52 valence electrons. The van der Waals surface area contributed by atoms with E-state index in [1.165, 1.54) is 0 Å². The fourth-order valence-electron chi connectivity index (χ4n) is 0.403. The van der Waals surface area contributed by atoms with Gasteiger partial charge >= 0.3 is 0 Å². The first kappa shape index (κ1) is 3.34. The van der Waals surface area contributed by atoms with Crippen molar-refractivity contribution in [2.24, 2.45) is 0 Å². The van der Waals surface area contributed by atoms with E-state index in [9.17, 15) is 10.1 Å². The standard InChI is InChI=1S/C6H4ClNO2/c7-5-2-1-3-6(4-5)8(9)10/h1-4H/i1D,2D,3D,4D. The van der Waals surface area contributed by atoms with Gasteiger partial charge in [-0.05, 0) is 6.04 Å². The van der Waals surface area contributed by atoms with E-state index < -0.39 is 39.8 Å². The number of benzene rings is 1. The van der Waals surface area contributed by atoms with E-state index in [0.717, 1.165) is 0 Å². The van der Waals surface area contributed by atoms with Gasteiger partial charge in [0.1, 0.15) is 0 Å². The van der Waals surface area contributed by atoms with E-state index in [1.54, 1.807) is 0 Å². The molecule has 0 radical (unpaired) electrons. The van der Waals surface area contributed by atoms with Crippen LogP contribution in [0, 0.1) is 10.1 Å². The van der Waals surface area contributed by atoms with Crippen molar-refractivity contribution >= 4 is 17.3 Å². The van der Waals surface area contributed by atoms with Gasteiger partial charge in [0.05, 0.1) is 10.4 Å². The molecule has 1 aromatic carbocycles. The van der Waals surface area contributed by atoms with E-state index in [2.05, 4.69) is 0 Å². The number of rotatable bonds is 1. The van der Waals surface area contributed by atoms with Crippen molar-refractivity contribution < 1.29 is 10.4 Å². The van der Waals surface area contributed by atoms with E-state index in [-0.39, 0.29) is 0 Å². The van der Waals surface area contributed by atoms with Crippen molar-refractivity contribution in [1.82, 2.24) is 0 Å². The molecule has 0 amide bonds. The van der Waals surface area contributed by atoms with Crippen molar-refractivity contribution in [3.63, 3.8) is 0 Å². The Bertz CT molecular complexity index is 394. The highest BCUT2D eigenvalue weighted by molar-refractivity contribution is 6.30. The lowest BCUT2D eigenvalue weighted by Crippen LogP contribution is -1.85. The third-order valence-electron chi connectivity index (χ3n) is 0.764. The van der Waals surface area contributed by atoms with Gasteiger partial charge in [0.15, 0.2) is 0 Å². The number of nitro benzene ring substituents is 1. The first-order chi connectivity index (χ1) is 6.37. The Morgan fingerprint density at radius 1 is 1.70 bits per heavy atom. The lowest BCUT2D eigenvalue weighted by molar-refractivity contribution is -0.384. The maximum atomic E-state index is 10.4. The van der Waals surface area contributed by atoms with Crippen LogP contribution in [0.5, 0.6) is 0 Å². The van der Waals surface area contributed by atoms with Gasteiger partial charge in [-0.2, -0.15) is 0 Å². The molecule has 0 saturated heterocycles. The molecule has 0 bridgehead atoms. The van der Waals surface area contributed by atoms with Gasteiger partial charge < -0.3 is 0 Å². The van der Waals surface area contributed by atoms with Crippen LogP contribution in [0.15, 0.2) is 24.2 Å². The van der Waals surface area contributed by atoms with Crippen LogP contribution in [0.2, 0.25) is 5.02 Å². The molecule has 0 N–H and O–H groups in total. The van der Waals surface area contributed by atoms with Crippen molar-refractivity contribution in [3.05, 3.63) is 39.3 Å². The Morgan fingerprint density at radius 3 is 3.00 bits per heavy atom. The van der Waals surface area contributed by atoms with Gasteiger partial charge in [0, 0.05) is 17.1 Å². The SMILES string of the molecule is [2H]c1c([2H])c(Cl)c([2H])c([N+](=O)[O-])c1[2H]. The summed E-state index contributed by atoms with van der Waals surface area (Å²) in [4.78, 5) is 9.47. The first-order valence-electron chi connectivity index (χ1n) is 4.28. The monoisotopic (exact) mass is 161 g/mol. The summed E-state index contributed by atoms with van der Waals surface area (Å²) in [6.07, 6.45) is 0. The molecular formula is C6H4ClNO2. The zero-order chi connectivity index (χ0) is 11.0. The van der Waals surface area contributed by atoms with Crippen molar-refractivity contribution in [2.75, 3.05) is 0 Å². The van der Waals surface area contributed by atoms with Crippen molar-refractivity contribution in [3.8, 4) is 0 Å². The van der Waals surface area contributed by atoms with Crippen LogP contribution in [0.25, 0.3) is 0 Å². The Hall–Kier alpha value is -1.09. The molecule has 1 rings (SSSR count). The number of halogens is 1. The Morgan fingerprint density at radius 2 is 2.40 bits per heavy atom. The van der Waals surface area contributed by atoms with Crippen molar-refractivity contribution in [2.45, 2.75) is 0 Å². The van der Waals surface area contributed by atoms with Gasteiger partial charge in [-0.1, -0.05) is 17.6 Å². The molecule has 3 nitrogen and oxygen atoms in total. The average molecular weight is 162 g/mol. The summed E-state index contributed by atoms with van der Waals surface area (Å²) in [5, 5.41) is 9.95. The third-order valence-corrected chi connectivity index (χ3v) is 0.953. The van der Waals surface area contributed by atoms with Crippen LogP contribution in [0.4, 0.5) is 5.69 Å². The lowest BCUT2D eigenvalue weighted by Gasteiger charge is -1.89. The second-order valence-electron chi connectivity index (χ2n) is 1.42. The molecule has 0 aliphatic carbocycles. The number of nitro groups is 1. The minimum Gasteiger partial charge on any atom is -0.258 e. The topological polar surface area (TPSA) is 43.1 Å². The van der Waals surface area contributed by atoms with E-state index in [0.29, 0.717) is 0 Å². The van der Waals surface area contributed by atoms with Crippen LogP contribution in [-0.2, 0) is 0 Å². The molecule has 4 heteroatoms. The predicted molar refractivity (Wildman–Crippen MR) is 38.1 cm³/mol. The van der Waals surface area contributed by atoms with Crippen LogP contribution in [0.3, 0.4) is 0 Å². The van der Waals surface area contributed by atoms with Crippen LogP contribution >= 0.6 is 11.6 Å². The van der Waals surface area contributed by atoms with Gasteiger partial charge in [-0.25, -0.2) is 0 Å². The van der Waals surface area contributed by atoms with E-state index in [1.807, 2.05) is 0 Å². The molecule has 0 fully saturated rings. The highest BCUT2D eigenvalue weighted by Gasteiger charge is 2.02. The summed E-state index contributed by atoms with van der Waals surface area (Å²) in [7, 11) is 0. The fraction of sp³-hybridized carbons (Fsp3) is 0. The van der Waals surface area contributed by atoms with Gasteiger partial charge in [-0.15, -0.1) is 0 Å². The molecule has 0 unspecified atom stereocenters. The normalized spacial score (nSPS) is 14.9. The minimum atomic E-state index is -0.950. The molecule has 0 aliphatic heterocycles. The van der Waals surface area contributed by atoms with Gasteiger partial charge in [0.2, 0.25) is 0 Å². The molecule has 0 saturated carbocycles. The molecule has 1 aromatic rings. The summed E-state index contributed by atoms with van der Waals surface area (Å²) < 4.78 is 28.7. The van der Waals surface area contributed by atoms with E-state index >= 15 is 0 Å². The maximum Gasteiger partial charge on any atom is 0.270 e. The summed E-state index contributed by atoms with van der Waals surface area (Å²) in [5.41, 5.74) is -0.837. The Kier molecular flexibility index (Phi) is 0.891. The summed E-state index contributed by atoms with van der Waals surface area (Å²) in [6, 6.07) is -2.62. The van der Waals surface area contributed by atoms with Gasteiger partial charge in [-0.3, -0.25) is 10.1 Å². The van der Waals surface area contributed by atoms with Crippen LogP contribution in [0.1, 0.15) is 5.48 Å². The third kappa shape index (κ3) is 1.45. The molecule has 0 heterocycles. The van der Waals surface area contributed by atoms with Crippen LogP contribution < -0.4 is 0 Å². The second kappa shape index (κ2) is 2.66. The predicted octanol–water partition coefficient (Wildman–Crippen LogP) is 2.25. The zero-order valence-corrected chi connectivity index (χ0v) is 5.40. The maximum absolute atomic E-state index is 10.4. The summed E-state index contributed by atoms with van der Waals surface area (Å²) >= 11 is 5.42. The molecular weight excluding hydrogens is 154 g/mol. The smallest absolute Gasteiger partial charge is 0.258 e. The summed E-state index contributed by atoms with van der Waals surface area (Å²) in [5.74, 6) is 0. The first-order valence-corrected chi connectivity index (χ1v) is 2.66. The quantitative estimate of drug-likeness (QED) is 0.468.